The largest absolute Gasteiger partial charge is 0.507 e. The summed E-state index contributed by atoms with van der Waals surface area (Å²) < 4.78 is 5.44. The Kier molecular flexibility index (Phi) is 5.59. The third-order valence-electron chi connectivity index (χ3n) is 4.82. The Balaban J connectivity index is 1.62. The Labute approximate surface area is 178 Å². The van der Waals surface area contributed by atoms with Crippen LogP contribution < -0.4 is 0 Å². The van der Waals surface area contributed by atoms with Crippen molar-refractivity contribution in [3.63, 3.8) is 0 Å². The normalized spacial score (nSPS) is 10.9. The number of carbonyl (C=O) groups excluding carboxylic acids is 1. The van der Waals surface area contributed by atoms with E-state index >= 15 is 0 Å². The molecule has 0 radical (unpaired) electrons. The first-order valence-corrected chi connectivity index (χ1v) is 9.79. The Morgan fingerprint density at radius 2 is 1.93 bits per heavy atom. The third-order valence-corrected chi connectivity index (χ3v) is 5.07. The average Bonchev–Trinajstić information content (AvgIpc) is 3.43. The van der Waals surface area contributed by atoms with Gasteiger partial charge in [-0.3, -0.25) is 9.89 Å². The molecule has 0 bridgehead atoms. The number of aryl methyl sites for hydroxylation is 1. The molecule has 0 aliphatic rings. The van der Waals surface area contributed by atoms with Gasteiger partial charge in [0, 0.05) is 17.1 Å². The number of phenolic OH excluding ortho intramolecular Hbond substituents is 1. The van der Waals surface area contributed by atoms with Crippen LogP contribution in [0.5, 0.6) is 5.75 Å². The predicted octanol–water partition coefficient (Wildman–Crippen LogP) is 5.18. The summed E-state index contributed by atoms with van der Waals surface area (Å²) in [6.07, 6.45) is 1.58. The van der Waals surface area contributed by atoms with Gasteiger partial charge in [0.2, 0.25) is 0 Å². The lowest BCUT2D eigenvalue weighted by Crippen LogP contribution is -2.30. The topological polar surface area (TPSA) is 82.4 Å². The molecule has 0 aliphatic carbocycles. The molecule has 2 N–H and O–H groups in total. The van der Waals surface area contributed by atoms with E-state index < -0.39 is 0 Å². The number of aromatic nitrogens is 2. The minimum atomic E-state index is -0.229. The number of amides is 1. The van der Waals surface area contributed by atoms with Crippen LogP contribution in [0.1, 0.15) is 27.4 Å². The predicted molar refractivity (Wildman–Crippen MR) is 114 cm³/mol. The molecule has 0 unspecified atom stereocenters. The first-order valence-electron chi connectivity index (χ1n) is 9.41. The Morgan fingerprint density at radius 3 is 2.67 bits per heavy atom. The minimum Gasteiger partial charge on any atom is -0.507 e. The van der Waals surface area contributed by atoms with Crippen LogP contribution in [0.2, 0.25) is 5.02 Å². The molecule has 4 aromatic rings. The summed E-state index contributed by atoms with van der Waals surface area (Å²) in [6.45, 7) is 2.49. The van der Waals surface area contributed by atoms with Crippen LogP contribution in [0.4, 0.5) is 0 Å². The number of rotatable bonds is 6. The molecule has 2 heterocycles. The van der Waals surface area contributed by atoms with Gasteiger partial charge in [-0.2, -0.15) is 5.10 Å². The fourth-order valence-electron chi connectivity index (χ4n) is 3.21. The molecule has 4 rings (SSSR count). The van der Waals surface area contributed by atoms with E-state index in [1.165, 1.54) is 0 Å². The highest BCUT2D eigenvalue weighted by Gasteiger charge is 2.21. The van der Waals surface area contributed by atoms with Gasteiger partial charge in [-0.1, -0.05) is 35.9 Å². The summed E-state index contributed by atoms with van der Waals surface area (Å²) in [5.74, 6) is 0.595. The number of para-hydroxylation sites is 1. The van der Waals surface area contributed by atoms with E-state index in [9.17, 15) is 9.90 Å². The molecule has 152 valence electrons. The van der Waals surface area contributed by atoms with Crippen LogP contribution in [0.25, 0.3) is 11.3 Å². The average molecular weight is 422 g/mol. The number of aromatic hydroxyl groups is 1. The Hall–Kier alpha value is -3.51. The fraction of sp³-hybridized carbons (Fsp3) is 0.130. The number of hydrogen-bond acceptors (Lipinski definition) is 4. The zero-order chi connectivity index (χ0) is 21.1. The molecule has 0 spiro atoms. The number of nitrogens with one attached hydrogen (secondary N) is 1. The van der Waals surface area contributed by atoms with Gasteiger partial charge in [-0.05, 0) is 54.4 Å². The van der Waals surface area contributed by atoms with E-state index in [0.29, 0.717) is 40.8 Å². The van der Waals surface area contributed by atoms with Gasteiger partial charge in [-0.15, -0.1) is 0 Å². The monoisotopic (exact) mass is 421 g/mol. The van der Waals surface area contributed by atoms with Crippen molar-refractivity contribution in [1.29, 1.82) is 0 Å². The lowest BCUT2D eigenvalue weighted by Gasteiger charge is -2.21. The van der Waals surface area contributed by atoms with E-state index in [2.05, 4.69) is 10.2 Å². The molecule has 30 heavy (non-hydrogen) atoms. The van der Waals surface area contributed by atoms with Crippen molar-refractivity contribution in [2.45, 2.75) is 20.0 Å². The number of benzene rings is 2. The van der Waals surface area contributed by atoms with Gasteiger partial charge in [0.25, 0.3) is 5.91 Å². The highest BCUT2D eigenvalue weighted by Crippen LogP contribution is 2.31. The lowest BCUT2D eigenvalue weighted by atomic mass is 10.1. The van der Waals surface area contributed by atoms with E-state index in [1.54, 1.807) is 41.5 Å². The molecule has 0 aliphatic heterocycles. The van der Waals surface area contributed by atoms with E-state index in [0.717, 1.165) is 11.1 Å². The van der Waals surface area contributed by atoms with E-state index in [1.807, 2.05) is 37.3 Å². The SMILES string of the molecule is Cc1cccc(-c2cc(C(=O)N(Cc3ccc(Cl)cc3)Cc3ccco3)[nH]n2)c1O. The number of halogens is 1. The van der Waals surface area contributed by atoms with Crippen molar-refractivity contribution in [1.82, 2.24) is 15.1 Å². The molecule has 1 amide bonds. The third kappa shape index (κ3) is 4.23. The molecule has 0 fully saturated rings. The molecule has 2 aromatic carbocycles. The molecule has 0 saturated heterocycles. The van der Waals surface area contributed by atoms with Crippen LogP contribution in [0.3, 0.4) is 0 Å². The summed E-state index contributed by atoms with van der Waals surface area (Å²) in [5, 5.41) is 18.0. The van der Waals surface area contributed by atoms with Crippen LogP contribution in [-0.4, -0.2) is 26.1 Å². The number of carbonyl (C=O) groups is 1. The Bertz CT molecular complexity index is 1150. The summed E-state index contributed by atoms with van der Waals surface area (Å²) in [6, 6.07) is 18.0. The van der Waals surface area contributed by atoms with Crippen molar-refractivity contribution < 1.29 is 14.3 Å². The zero-order valence-electron chi connectivity index (χ0n) is 16.3. The number of hydrogen-bond donors (Lipinski definition) is 2. The van der Waals surface area contributed by atoms with Gasteiger partial charge in [0.15, 0.2) is 0 Å². The van der Waals surface area contributed by atoms with Gasteiger partial charge in [-0.25, -0.2) is 0 Å². The zero-order valence-corrected chi connectivity index (χ0v) is 17.1. The minimum absolute atomic E-state index is 0.150. The van der Waals surface area contributed by atoms with E-state index in [4.69, 9.17) is 16.0 Å². The number of phenols is 1. The summed E-state index contributed by atoms with van der Waals surface area (Å²) in [5.41, 5.74) is 3.08. The smallest absolute Gasteiger partial charge is 0.272 e. The first-order chi connectivity index (χ1) is 14.5. The standard InChI is InChI=1S/C23H20ClN3O3/c1-15-4-2-6-19(22(15)28)20-12-21(26-25-20)23(29)27(14-18-5-3-11-30-18)13-16-7-9-17(24)10-8-16/h2-12,28H,13-14H2,1H3,(H,25,26). The van der Waals surface area contributed by atoms with Crippen molar-refractivity contribution in [3.8, 4) is 17.0 Å². The van der Waals surface area contributed by atoms with Crippen molar-refractivity contribution >= 4 is 17.5 Å². The number of nitrogens with zero attached hydrogens (tertiary/aromatic N) is 2. The van der Waals surface area contributed by atoms with Crippen molar-refractivity contribution in [3.05, 3.63) is 94.5 Å². The Morgan fingerprint density at radius 1 is 1.13 bits per heavy atom. The van der Waals surface area contributed by atoms with E-state index in [-0.39, 0.29) is 11.7 Å². The maximum atomic E-state index is 13.3. The molecular formula is C23H20ClN3O3. The van der Waals surface area contributed by atoms with Crippen LogP contribution in [-0.2, 0) is 13.1 Å². The van der Waals surface area contributed by atoms with Gasteiger partial charge in [0.05, 0.1) is 18.5 Å². The van der Waals surface area contributed by atoms with Crippen molar-refractivity contribution in [2.24, 2.45) is 0 Å². The number of aromatic amines is 1. The quantitative estimate of drug-likeness (QED) is 0.449. The van der Waals surface area contributed by atoms with Crippen LogP contribution >= 0.6 is 11.6 Å². The summed E-state index contributed by atoms with van der Waals surface area (Å²) >= 11 is 5.98. The van der Waals surface area contributed by atoms with Gasteiger partial charge >= 0.3 is 0 Å². The lowest BCUT2D eigenvalue weighted by molar-refractivity contribution is 0.0711. The number of furan rings is 1. The summed E-state index contributed by atoms with van der Waals surface area (Å²) in [7, 11) is 0. The molecular weight excluding hydrogens is 402 g/mol. The molecule has 0 atom stereocenters. The molecule has 6 nitrogen and oxygen atoms in total. The number of H-pyrrole nitrogens is 1. The molecule has 2 aromatic heterocycles. The first kappa shape index (κ1) is 19.8. The molecule has 7 heteroatoms. The highest BCUT2D eigenvalue weighted by atomic mass is 35.5. The maximum absolute atomic E-state index is 13.3. The van der Waals surface area contributed by atoms with Crippen LogP contribution in [0, 0.1) is 6.92 Å². The van der Waals surface area contributed by atoms with Crippen LogP contribution in [0.15, 0.2) is 71.3 Å². The highest BCUT2D eigenvalue weighted by molar-refractivity contribution is 6.30. The second-order valence-corrected chi connectivity index (χ2v) is 7.44. The fourth-order valence-corrected chi connectivity index (χ4v) is 3.33. The summed E-state index contributed by atoms with van der Waals surface area (Å²) in [4.78, 5) is 14.9. The van der Waals surface area contributed by atoms with Gasteiger partial charge in [0.1, 0.15) is 17.2 Å². The van der Waals surface area contributed by atoms with Gasteiger partial charge < -0.3 is 14.4 Å². The maximum Gasteiger partial charge on any atom is 0.272 e. The second kappa shape index (κ2) is 8.47. The second-order valence-electron chi connectivity index (χ2n) is 7.00. The van der Waals surface area contributed by atoms with Crippen molar-refractivity contribution in [2.75, 3.05) is 0 Å². The molecule has 0 saturated carbocycles.